The molecule has 1 fully saturated rings. The molecule has 1 heterocycles. The molecular weight excluding hydrogens is 258 g/mol. The van der Waals surface area contributed by atoms with Gasteiger partial charge in [0.2, 0.25) is 5.91 Å². The molecule has 0 radical (unpaired) electrons. The van der Waals surface area contributed by atoms with Gasteiger partial charge in [0.05, 0.1) is 18.8 Å². The molecule has 1 amide bonds. The Labute approximate surface area is 121 Å². The predicted octanol–water partition coefficient (Wildman–Crippen LogP) is 1.85. The number of carbonyl (C=O) groups is 2. The van der Waals surface area contributed by atoms with Crippen LogP contribution < -0.4 is 0 Å². The zero-order chi connectivity index (χ0) is 15.6. The minimum atomic E-state index is -0.767. The highest BCUT2D eigenvalue weighted by Gasteiger charge is 2.43. The zero-order valence-electron chi connectivity index (χ0n) is 13.5. The van der Waals surface area contributed by atoms with Gasteiger partial charge in [0.15, 0.2) is 0 Å². The largest absolute Gasteiger partial charge is 0.465 e. The van der Waals surface area contributed by atoms with Gasteiger partial charge in [0.25, 0.3) is 0 Å². The summed E-state index contributed by atoms with van der Waals surface area (Å²) in [4.78, 5) is 26.6. The first-order valence-electron chi connectivity index (χ1n) is 7.18. The second-order valence-electron chi connectivity index (χ2n) is 6.92. The maximum atomic E-state index is 12.7. The number of morpholine rings is 1. The van der Waals surface area contributed by atoms with Crippen LogP contribution >= 0.6 is 0 Å². The molecular formula is C15H27NO4. The van der Waals surface area contributed by atoms with Gasteiger partial charge < -0.3 is 14.4 Å². The van der Waals surface area contributed by atoms with E-state index in [0.717, 1.165) is 0 Å². The maximum absolute atomic E-state index is 12.7. The van der Waals surface area contributed by atoms with Gasteiger partial charge in [-0.3, -0.25) is 9.59 Å². The van der Waals surface area contributed by atoms with Crippen LogP contribution in [0.15, 0.2) is 0 Å². The molecule has 116 valence electrons. The first-order valence-corrected chi connectivity index (χ1v) is 7.18. The third-order valence-electron chi connectivity index (χ3n) is 3.37. The van der Waals surface area contributed by atoms with E-state index < -0.39 is 17.3 Å². The molecule has 5 nitrogen and oxygen atoms in total. The van der Waals surface area contributed by atoms with E-state index in [1.54, 1.807) is 11.8 Å². The summed E-state index contributed by atoms with van der Waals surface area (Å²) in [5.41, 5.74) is -0.837. The molecule has 0 bridgehead atoms. The van der Waals surface area contributed by atoms with Crippen molar-refractivity contribution >= 4 is 11.9 Å². The minimum absolute atomic E-state index is 0.160. The molecule has 20 heavy (non-hydrogen) atoms. The Morgan fingerprint density at radius 3 is 2.40 bits per heavy atom. The summed E-state index contributed by atoms with van der Waals surface area (Å²) < 4.78 is 10.7. The lowest BCUT2D eigenvalue weighted by Crippen LogP contribution is -2.55. The molecule has 1 aliphatic rings. The summed E-state index contributed by atoms with van der Waals surface area (Å²) in [6.07, 6.45) is 0. The lowest BCUT2D eigenvalue weighted by atomic mass is 9.79. The number of amides is 1. The third kappa shape index (κ3) is 4.20. The van der Waals surface area contributed by atoms with Crippen LogP contribution in [0.25, 0.3) is 0 Å². The molecule has 0 aromatic carbocycles. The number of rotatable bonds is 3. The van der Waals surface area contributed by atoms with E-state index in [1.807, 2.05) is 34.6 Å². The maximum Gasteiger partial charge on any atom is 0.319 e. The summed E-state index contributed by atoms with van der Waals surface area (Å²) in [7, 11) is 0. The van der Waals surface area contributed by atoms with E-state index >= 15 is 0 Å². The molecule has 1 rings (SSSR count). The Balaban J connectivity index is 2.91. The van der Waals surface area contributed by atoms with Gasteiger partial charge in [0, 0.05) is 13.1 Å². The molecule has 0 aliphatic carbocycles. The van der Waals surface area contributed by atoms with Crippen molar-refractivity contribution in [3.63, 3.8) is 0 Å². The van der Waals surface area contributed by atoms with Crippen LogP contribution in [0.2, 0.25) is 0 Å². The lowest BCUT2D eigenvalue weighted by molar-refractivity contribution is -0.166. The second-order valence-corrected chi connectivity index (χ2v) is 6.92. The quantitative estimate of drug-likeness (QED) is 0.586. The SMILES string of the molecule is CCOC(=O)C(C(=O)N1CCOC(C)(C)C1)C(C)(C)C. The van der Waals surface area contributed by atoms with Crippen LogP contribution in [-0.2, 0) is 19.1 Å². The molecule has 0 aromatic rings. The Hall–Kier alpha value is -1.10. The Bertz CT molecular complexity index is 371. The van der Waals surface area contributed by atoms with Gasteiger partial charge in [-0.05, 0) is 26.2 Å². The smallest absolute Gasteiger partial charge is 0.319 e. The number of hydrogen-bond acceptors (Lipinski definition) is 4. The van der Waals surface area contributed by atoms with Crippen molar-refractivity contribution < 1.29 is 19.1 Å². The van der Waals surface area contributed by atoms with Crippen molar-refractivity contribution in [2.24, 2.45) is 11.3 Å². The summed E-state index contributed by atoms with van der Waals surface area (Å²) in [6, 6.07) is 0. The molecule has 5 heteroatoms. The van der Waals surface area contributed by atoms with Crippen molar-refractivity contribution in [2.45, 2.75) is 47.1 Å². The molecule has 1 unspecified atom stereocenters. The fourth-order valence-corrected chi connectivity index (χ4v) is 2.44. The van der Waals surface area contributed by atoms with E-state index in [4.69, 9.17) is 9.47 Å². The van der Waals surface area contributed by atoms with Crippen molar-refractivity contribution in [3.8, 4) is 0 Å². The Morgan fingerprint density at radius 2 is 1.95 bits per heavy atom. The number of nitrogens with zero attached hydrogens (tertiary/aromatic N) is 1. The van der Waals surface area contributed by atoms with Crippen LogP contribution in [0, 0.1) is 11.3 Å². The summed E-state index contributed by atoms with van der Waals surface area (Å²) in [5, 5.41) is 0. The van der Waals surface area contributed by atoms with Gasteiger partial charge in [-0.15, -0.1) is 0 Å². The highest BCUT2D eigenvalue weighted by atomic mass is 16.5. The average Bonchev–Trinajstić information content (AvgIpc) is 2.26. The first kappa shape index (κ1) is 17.0. The van der Waals surface area contributed by atoms with E-state index in [0.29, 0.717) is 19.7 Å². The molecule has 0 spiro atoms. The van der Waals surface area contributed by atoms with E-state index in [-0.39, 0.29) is 18.1 Å². The van der Waals surface area contributed by atoms with E-state index in [1.165, 1.54) is 0 Å². The number of hydrogen-bond donors (Lipinski definition) is 0. The van der Waals surface area contributed by atoms with Crippen molar-refractivity contribution in [3.05, 3.63) is 0 Å². The standard InChI is InChI=1S/C15H27NO4/c1-7-19-13(18)11(14(2,3)4)12(17)16-8-9-20-15(5,6)10-16/h11H,7-10H2,1-6H3. The lowest BCUT2D eigenvalue weighted by Gasteiger charge is -2.41. The molecule has 1 aliphatic heterocycles. The van der Waals surface area contributed by atoms with Gasteiger partial charge in [-0.25, -0.2) is 0 Å². The molecule has 1 atom stereocenters. The fourth-order valence-electron chi connectivity index (χ4n) is 2.44. The van der Waals surface area contributed by atoms with Crippen LogP contribution in [0.3, 0.4) is 0 Å². The molecule has 0 saturated carbocycles. The minimum Gasteiger partial charge on any atom is -0.465 e. The summed E-state index contributed by atoms with van der Waals surface area (Å²) >= 11 is 0. The highest BCUT2D eigenvalue weighted by molar-refractivity contribution is 5.98. The normalized spacial score (nSPS) is 20.4. The summed E-state index contributed by atoms with van der Waals surface area (Å²) in [5.74, 6) is -1.36. The van der Waals surface area contributed by atoms with Crippen molar-refractivity contribution in [1.82, 2.24) is 4.90 Å². The first-order chi connectivity index (χ1) is 9.08. The van der Waals surface area contributed by atoms with E-state index in [2.05, 4.69) is 0 Å². The van der Waals surface area contributed by atoms with Crippen molar-refractivity contribution in [1.29, 1.82) is 0 Å². The van der Waals surface area contributed by atoms with Gasteiger partial charge in [-0.2, -0.15) is 0 Å². The Morgan fingerprint density at radius 1 is 1.35 bits per heavy atom. The van der Waals surface area contributed by atoms with Gasteiger partial charge in [-0.1, -0.05) is 20.8 Å². The van der Waals surface area contributed by atoms with Crippen LogP contribution in [0.5, 0.6) is 0 Å². The van der Waals surface area contributed by atoms with Crippen LogP contribution in [-0.4, -0.2) is 48.7 Å². The third-order valence-corrected chi connectivity index (χ3v) is 3.37. The number of ether oxygens (including phenoxy) is 2. The van der Waals surface area contributed by atoms with E-state index in [9.17, 15) is 9.59 Å². The molecule has 0 N–H and O–H groups in total. The molecule has 1 saturated heterocycles. The Kier molecular flexibility index (Phi) is 5.19. The highest BCUT2D eigenvalue weighted by Crippen LogP contribution is 2.30. The summed E-state index contributed by atoms with van der Waals surface area (Å²) in [6.45, 7) is 13.1. The predicted molar refractivity (Wildman–Crippen MR) is 76.2 cm³/mol. The number of carbonyl (C=O) groups excluding carboxylic acids is 2. The number of esters is 1. The average molecular weight is 285 g/mol. The zero-order valence-corrected chi connectivity index (χ0v) is 13.5. The van der Waals surface area contributed by atoms with Gasteiger partial charge >= 0.3 is 5.97 Å². The fraction of sp³-hybridized carbons (Fsp3) is 0.867. The topological polar surface area (TPSA) is 55.8 Å². The monoisotopic (exact) mass is 285 g/mol. The van der Waals surface area contributed by atoms with Crippen molar-refractivity contribution in [2.75, 3.05) is 26.3 Å². The van der Waals surface area contributed by atoms with Crippen LogP contribution in [0.4, 0.5) is 0 Å². The second kappa shape index (κ2) is 6.12. The van der Waals surface area contributed by atoms with Crippen LogP contribution in [0.1, 0.15) is 41.5 Å². The molecule has 0 aromatic heterocycles. The van der Waals surface area contributed by atoms with Gasteiger partial charge in [0.1, 0.15) is 5.92 Å².